The van der Waals surface area contributed by atoms with Crippen molar-refractivity contribution in [1.29, 1.82) is 0 Å². The molecular formula is C10H9N3O3. The van der Waals surface area contributed by atoms with Gasteiger partial charge in [-0.25, -0.2) is 4.79 Å². The van der Waals surface area contributed by atoms with E-state index < -0.39 is 6.09 Å². The molecular weight excluding hydrogens is 210 g/mol. The number of aromatic nitrogens is 2. The molecule has 0 bridgehead atoms. The monoisotopic (exact) mass is 219 g/mol. The van der Waals surface area contributed by atoms with Crippen LogP contribution in [0.4, 0.5) is 4.79 Å². The summed E-state index contributed by atoms with van der Waals surface area (Å²) < 4.78 is 9.78. The lowest BCUT2D eigenvalue weighted by molar-refractivity contribution is 0.139. The highest BCUT2D eigenvalue weighted by atomic mass is 16.6. The molecule has 0 aliphatic rings. The smallest absolute Gasteiger partial charge is 0.405 e. The molecule has 2 rings (SSSR count). The Morgan fingerprint density at radius 1 is 1.31 bits per heavy atom. The van der Waals surface area contributed by atoms with Gasteiger partial charge in [0.1, 0.15) is 0 Å². The Morgan fingerprint density at radius 3 is 2.75 bits per heavy atom. The van der Waals surface area contributed by atoms with Gasteiger partial charge in [-0.3, -0.25) is 0 Å². The summed E-state index contributed by atoms with van der Waals surface area (Å²) in [7, 11) is 0. The van der Waals surface area contributed by atoms with E-state index in [2.05, 4.69) is 14.9 Å². The molecule has 0 aliphatic carbocycles. The number of hydrogen-bond acceptors (Lipinski definition) is 5. The summed E-state index contributed by atoms with van der Waals surface area (Å²) in [5, 5.41) is 7.53. The number of nitrogens with two attached hydrogens (primary N) is 1. The van der Waals surface area contributed by atoms with E-state index in [0.717, 1.165) is 5.56 Å². The van der Waals surface area contributed by atoms with Crippen LogP contribution in [-0.4, -0.2) is 16.3 Å². The topological polar surface area (TPSA) is 91.2 Å². The maximum Gasteiger partial charge on any atom is 0.405 e. The van der Waals surface area contributed by atoms with E-state index in [1.165, 1.54) is 0 Å². The van der Waals surface area contributed by atoms with Crippen LogP contribution in [0.25, 0.3) is 11.5 Å². The molecule has 1 heterocycles. The second-order valence-electron chi connectivity index (χ2n) is 2.97. The van der Waals surface area contributed by atoms with Gasteiger partial charge in [-0.15, -0.1) is 10.2 Å². The summed E-state index contributed by atoms with van der Waals surface area (Å²) in [6.07, 6.45) is -0.875. The number of benzene rings is 1. The summed E-state index contributed by atoms with van der Waals surface area (Å²) in [6.45, 7) is -0.116. The number of primary amides is 1. The zero-order chi connectivity index (χ0) is 11.4. The molecule has 6 heteroatoms. The second-order valence-corrected chi connectivity index (χ2v) is 2.97. The highest BCUT2D eigenvalue weighted by Crippen LogP contribution is 2.16. The SMILES string of the molecule is NC(=O)OCc1nnc(-c2ccccc2)o1. The summed E-state index contributed by atoms with van der Waals surface area (Å²) in [5.41, 5.74) is 5.61. The normalized spacial score (nSPS) is 10.0. The minimum absolute atomic E-state index is 0.116. The third kappa shape index (κ3) is 2.35. The van der Waals surface area contributed by atoms with E-state index >= 15 is 0 Å². The van der Waals surface area contributed by atoms with Crippen LogP contribution >= 0.6 is 0 Å². The predicted octanol–water partition coefficient (Wildman–Crippen LogP) is 1.33. The molecule has 1 aromatic heterocycles. The Hall–Kier alpha value is -2.37. The molecule has 2 aromatic rings. The molecule has 0 saturated heterocycles. The average Bonchev–Trinajstić information content (AvgIpc) is 2.76. The largest absolute Gasteiger partial charge is 0.440 e. The summed E-state index contributed by atoms with van der Waals surface area (Å²) in [6, 6.07) is 9.29. The van der Waals surface area contributed by atoms with Crippen LogP contribution in [0, 0.1) is 0 Å². The molecule has 82 valence electrons. The first-order valence-electron chi connectivity index (χ1n) is 4.56. The second kappa shape index (κ2) is 4.43. The molecule has 1 aromatic carbocycles. The minimum Gasteiger partial charge on any atom is -0.440 e. The zero-order valence-corrected chi connectivity index (χ0v) is 8.29. The fourth-order valence-electron chi connectivity index (χ4n) is 1.14. The van der Waals surface area contributed by atoms with Crippen molar-refractivity contribution in [2.75, 3.05) is 0 Å². The van der Waals surface area contributed by atoms with Crippen LogP contribution in [0.1, 0.15) is 5.89 Å². The summed E-state index contributed by atoms with van der Waals surface area (Å²) in [4.78, 5) is 10.4. The maximum absolute atomic E-state index is 10.4. The molecule has 0 saturated carbocycles. The maximum atomic E-state index is 10.4. The van der Waals surface area contributed by atoms with Crippen LogP contribution < -0.4 is 5.73 Å². The van der Waals surface area contributed by atoms with Crippen molar-refractivity contribution in [3.05, 3.63) is 36.2 Å². The molecule has 6 nitrogen and oxygen atoms in total. The van der Waals surface area contributed by atoms with Crippen molar-refractivity contribution in [2.24, 2.45) is 5.73 Å². The van der Waals surface area contributed by atoms with Crippen LogP contribution in [0.15, 0.2) is 34.7 Å². The Labute approximate surface area is 91.0 Å². The minimum atomic E-state index is -0.875. The number of carbonyl (C=O) groups is 1. The van der Waals surface area contributed by atoms with Gasteiger partial charge in [-0.05, 0) is 12.1 Å². The van der Waals surface area contributed by atoms with Crippen LogP contribution in [0.2, 0.25) is 0 Å². The molecule has 16 heavy (non-hydrogen) atoms. The molecule has 2 N–H and O–H groups in total. The van der Waals surface area contributed by atoms with E-state index in [0.29, 0.717) is 5.89 Å². The first-order chi connectivity index (χ1) is 7.75. The molecule has 0 unspecified atom stereocenters. The fourth-order valence-corrected chi connectivity index (χ4v) is 1.14. The van der Waals surface area contributed by atoms with Gasteiger partial charge in [0.2, 0.25) is 5.89 Å². The average molecular weight is 219 g/mol. The highest BCUT2D eigenvalue weighted by Gasteiger charge is 2.08. The van der Waals surface area contributed by atoms with Gasteiger partial charge in [0.15, 0.2) is 6.61 Å². The van der Waals surface area contributed by atoms with Crippen molar-refractivity contribution in [2.45, 2.75) is 6.61 Å². The van der Waals surface area contributed by atoms with Gasteiger partial charge in [0.05, 0.1) is 0 Å². The van der Waals surface area contributed by atoms with Crippen LogP contribution in [0.3, 0.4) is 0 Å². The lowest BCUT2D eigenvalue weighted by Crippen LogP contribution is -2.12. The Morgan fingerprint density at radius 2 is 2.06 bits per heavy atom. The lowest BCUT2D eigenvalue weighted by atomic mass is 10.2. The zero-order valence-electron chi connectivity index (χ0n) is 8.29. The van der Waals surface area contributed by atoms with E-state index in [-0.39, 0.29) is 12.5 Å². The molecule has 0 spiro atoms. The van der Waals surface area contributed by atoms with E-state index in [1.54, 1.807) is 0 Å². The van der Waals surface area contributed by atoms with E-state index in [4.69, 9.17) is 10.2 Å². The number of rotatable bonds is 3. The first-order valence-corrected chi connectivity index (χ1v) is 4.56. The molecule has 0 aliphatic heterocycles. The standard InChI is InChI=1S/C10H9N3O3/c11-10(14)15-6-8-12-13-9(16-8)7-4-2-1-3-5-7/h1-5H,6H2,(H2,11,14). The molecule has 1 amide bonds. The van der Waals surface area contributed by atoms with Gasteiger partial charge in [0, 0.05) is 5.56 Å². The van der Waals surface area contributed by atoms with Crippen LogP contribution in [-0.2, 0) is 11.3 Å². The fraction of sp³-hybridized carbons (Fsp3) is 0.100. The van der Waals surface area contributed by atoms with Crippen molar-refractivity contribution < 1.29 is 13.9 Å². The Balaban J connectivity index is 2.11. The van der Waals surface area contributed by atoms with Gasteiger partial charge >= 0.3 is 6.09 Å². The van der Waals surface area contributed by atoms with Gasteiger partial charge < -0.3 is 14.9 Å². The van der Waals surface area contributed by atoms with E-state index in [9.17, 15) is 4.79 Å². The van der Waals surface area contributed by atoms with Gasteiger partial charge in [0.25, 0.3) is 5.89 Å². The number of amides is 1. The summed E-state index contributed by atoms with van der Waals surface area (Å²) in [5.74, 6) is 0.585. The van der Waals surface area contributed by atoms with Gasteiger partial charge in [-0.1, -0.05) is 18.2 Å². The van der Waals surface area contributed by atoms with Crippen LogP contribution in [0.5, 0.6) is 0 Å². The Kier molecular flexibility index (Phi) is 2.81. The molecule has 0 radical (unpaired) electrons. The third-order valence-electron chi connectivity index (χ3n) is 1.83. The summed E-state index contributed by atoms with van der Waals surface area (Å²) >= 11 is 0. The number of hydrogen-bond donors (Lipinski definition) is 1. The molecule has 0 atom stereocenters. The third-order valence-corrected chi connectivity index (χ3v) is 1.83. The first kappa shape index (κ1) is 10.2. The lowest BCUT2D eigenvalue weighted by Gasteiger charge is -1.95. The quantitative estimate of drug-likeness (QED) is 0.840. The Bertz CT molecular complexity index is 481. The number of ether oxygens (including phenoxy) is 1. The van der Waals surface area contributed by atoms with Crippen molar-refractivity contribution in [3.8, 4) is 11.5 Å². The predicted molar refractivity (Wildman–Crippen MR) is 54.1 cm³/mol. The van der Waals surface area contributed by atoms with E-state index in [1.807, 2.05) is 30.3 Å². The van der Waals surface area contributed by atoms with Crippen molar-refractivity contribution in [1.82, 2.24) is 10.2 Å². The van der Waals surface area contributed by atoms with Crippen molar-refractivity contribution in [3.63, 3.8) is 0 Å². The van der Waals surface area contributed by atoms with Gasteiger partial charge in [-0.2, -0.15) is 0 Å². The van der Waals surface area contributed by atoms with Crippen molar-refractivity contribution >= 4 is 6.09 Å². The number of carbonyl (C=O) groups excluding carboxylic acids is 1. The highest BCUT2D eigenvalue weighted by molar-refractivity contribution is 5.64. The number of nitrogens with zero attached hydrogens (tertiary/aromatic N) is 2. The molecule has 0 fully saturated rings.